The monoisotopic (exact) mass is 313 g/mol. The van der Waals surface area contributed by atoms with E-state index in [1.807, 2.05) is 43.3 Å². The lowest BCUT2D eigenvalue weighted by molar-refractivity contribution is 0.0818. The number of aliphatic hydroxyl groups is 1. The molecule has 0 fully saturated rings. The molecule has 0 radical (unpaired) electrons. The average Bonchev–Trinajstić information content (AvgIpc) is 2.53. The number of carbonyl (C=O) groups excluding carboxylic acids is 1. The van der Waals surface area contributed by atoms with Crippen molar-refractivity contribution < 1.29 is 9.90 Å². The number of hydrogen-bond acceptors (Lipinski definition) is 3. The summed E-state index contributed by atoms with van der Waals surface area (Å²) in [6, 6.07) is 11.5. The Morgan fingerprint density at radius 2 is 1.70 bits per heavy atom. The van der Waals surface area contributed by atoms with Gasteiger partial charge >= 0.3 is 6.03 Å². The van der Waals surface area contributed by atoms with Gasteiger partial charge in [-0.1, -0.05) is 24.3 Å². The molecule has 3 N–H and O–H groups in total. The third-order valence-corrected chi connectivity index (χ3v) is 3.45. The van der Waals surface area contributed by atoms with Crippen molar-refractivity contribution in [1.29, 1.82) is 0 Å². The van der Waals surface area contributed by atoms with Crippen LogP contribution in [0.3, 0.4) is 0 Å². The summed E-state index contributed by atoms with van der Waals surface area (Å²) in [6.45, 7) is 5.42. The van der Waals surface area contributed by atoms with Crippen molar-refractivity contribution in [2.45, 2.75) is 32.4 Å². The van der Waals surface area contributed by atoms with E-state index in [1.165, 1.54) is 0 Å². The summed E-state index contributed by atoms with van der Waals surface area (Å²) in [4.78, 5) is 15.8. The molecule has 0 spiro atoms. The van der Waals surface area contributed by atoms with E-state index in [1.54, 1.807) is 26.2 Å². The smallest absolute Gasteiger partial charge is 0.315 e. The fourth-order valence-electron chi connectivity index (χ4n) is 2.14. The van der Waals surface area contributed by atoms with Gasteiger partial charge in [-0.3, -0.25) is 4.98 Å². The minimum atomic E-state index is -0.924. The maximum atomic E-state index is 11.8. The second-order valence-corrected chi connectivity index (χ2v) is 6.22. The number of nitrogens with zero attached hydrogens (tertiary/aromatic N) is 1. The maximum absolute atomic E-state index is 11.8. The third kappa shape index (κ3) is 5.38. The summed E-state index contributed by atoms with van der Waals surface area (Å²) in [7, 11) is 0. The zero-order valence-electron chi connectivity index (χ0n) is 13.7. The predicted octanol–water partition coefficient (Wildman–Crippen LogP) is 2.88. The Labute approximate surface area is 136 Å². The van der Waals surface area contributed by atoms with Gasteiger partial charge in [0, 0.05) is 18.9 Å². The van der Waals surface area contributed by atoms with Crippen LogP contribution in [-0.4, -0.2) is 28.3 Å². The van der Waals surface area contributed by atoms with Gasteiger partial charge in [-0.25, -0.2) is 4.79 Å². The van der Waals surface area contributed by atoms with E-state index >= 15 is 0 Å². The number of aromatic nitrogens is 1. The van der Waals surface area contributed by atoms with Crippen molar-refractivity contribution in [1.82, 2.24) is 15.6 Å². The molecular formula is C18H23N3O2. The summed E-state index contributed by atoms with van der Waals surface area (Å²) < 4.78 is 0. The summed E-state index contributed by atoms with van der Waals surface area (Å²) in [5, 5.41) is 15.1. The molecule has 0 saturated carbocycles. The van der Waals surface area contributed by atoms with Crippen molar-refractivity contribution in [3.8, 4) is 11.1 Å². The van der Waals surface area contributed by atoms with E-state index in [4.69, 9.17) is 0 Å². The topological polar surface area (TPSA) is 74.2 Å². The van der Waals surface area contributed by atoms with Gasteiger partial charge in [0.25, 0.3) is 0 Å². The molecule has 2 aromatic rings. The van der Waals surface area contributed by atoms with Crippen molar-refractivity contribution >= 4 is 6.03 Å². The van der Waals surface area contributed by atoms with Crippen LogP contribution in [0, 0.1) is 0 Å². The highest BCUT2D eigenvalue weighted by Crippen LogP contribution is 2.21. The lowest BCUT2D eigenvalue weighted by Gasteiger charge is -2.20. The number of pyridine rings is 1. The number of benzene rings is 1. The summed E-state index contributed by atoms with van der Waals surface area (Å²) in [5.41, 5.74) is 2.30. The molecule has 0 aliphatic heterocycles. The molecule has 2 rings (SSSR count). The molecule has 5 nitrogen and oxygen atoms in total. The Balaban J connectivity index is 1.95. The zero-order chi connectivity index (χ0) is 16.9. The Kier molecular flexibility index (Phi) is 5.34. The molecule has 1 aromatic carbocycles. The fraction of sp³-hybridized carbons (Fsp3) is 0.333. The van der Waals surface area contributed by atoms with Gasteiger partial charge in [0.2, 0.25) is 0 Å². The van der Waals surface area contributed by atoms with Crippen molar-refractivity contribution in [3.63, 3.8) is 0 Å². The quantitative estimate of drug-likeness (QED) is 0.794. The van der Waals surface area contributed by atoms with Crippen LogP contribution >= 0.6 is 0 Å². The number of amides is 2. The summed E-state index contributed by atoms with van der Waals surface area (Å²) in [6.07, 6.45) is 3.53. The number of carbonyl (C=O) groups is 1. The lowest BCUT2D eigenvalue weighted by Crippen LogP contribution is -2.44. The van der Waals surface area contributed by atoms with Crippen LogP contribution in [0.15, 0.2) is 48.8 Å². The van der Waals surface area contributed by atoms with Gasteiger partial charge in [-0.2, -0.15) is 0 Å². The largest absolute Gasteiger partial charge is 0.389 e. The standard InChI is InChI=1S/C18H23N3O2/c1-13(21-17(22)20-12-18(2,3)23)14-4-6-15(7-5-14)16-8-10-19-11-9-16/h4-11,13,23H,12H2,1-3H3,(H2,20,21,22). The van der Waals surface area contributed by atoms with Gasteiger partial charge in [-0.05, 0) is 49.6 Å². The lowest BCUT2D eigenvalue weighted by atomic mass is 10.0. The number of nitrogens with one attached hydrogen (secondary N) is 2. The Bertz CT molecular complexity index is 634. The third-order valence-electron chi connectivity index (χ3n) is 3.45. The minimum Gasteiger partial charge on any atom is -0.389 e. The van der Waals surface area contributed by atoms with E-state index < -0.39 is 5.60 Å². The molecule has 1 heterocycles. The number of hydrogen-bond donors (Lipinski definition) is 3. The van der Waals surface area contributed by atoms with Gasteiger partial charge in [0.1, 0.15) is 0 Å². The molecule has 5 heteroatoms. The first-order valence-electron chi connectivity index (χ1n) is 7.62. The molecule has 0 aliphatic rings. The van der Waals surface area contributed by atoms with E-state index in [-0.39, 0.29) is 18.6 Å². The van der Waals surface area contributed by atoms with Crippen molar-refractivity contribution in [2.24, 2.45) is 0 Å². The Hall–Kier alpha value is -2.40. The first-order chi connectivity index (χ1) is 10.8. The summed E-state index contributed by atoms with van der Waals surface area (Å²) >= 11 is 0. The molecule has 1 unspecified atom stereocenters. The number of rotatable bonds is 5. The molecule has 23 heavy (non-hydrogen) atoms. The number of urea groups is 1. The van der Waals surface area contributed by atoms with E-state index in [2.05, 4.69) is 15.6 Å². The second-order valence-electron chi connectivity index (χ2n) is 6.22. The second kappa shape index (κ2) is 7.24. The van der Waals surface area contributed by atoms with E-state index in [0.717, 1.165) is 16.7 Å². The maximum Gasteiger partial charge on any atom is 0.315 e. The van der Waals surface area contributed by atoms with Crippen molar-refractivity contribution in [2.75, 3.05) is 6.54 Å². The average molecular weight is 313 g/mol. The SMILES string of the molecule is CC(NC(=O)NCC(C)(C)O)c1ccc(-c2ccncc2)cc1. The molecule has 1 atom stereocenters. The molecule has 0 saturated heterocycles. The predicted molar refractivity (Wildman–Crippen MR) is 90.9 cm³/mol. The van der Waals surface area contributed by atoms with Gasteiger partial charge in [0.15, 0.2) is 0 Å². The molecule has 0 bridgehead atoms. The van der Waals surface area contributed by atoms with Gasteiger partial charge in [-0.15, -0.1) is 0 Å². The molecule has 2 amide bonds. The first-order valence-corrected chi connectivity index (χ1v) is 7.62. The Morgan fingerprint density at radius 3 is 2.26 bits per heavy atom. The first kappa shape index (κ1) is 17.0. The van der Waals surface area contributed by atoms with Crippen LogP contribution < -0.4 is 10.6 Å². The molecule has 1 aromatic heterocycles. The van der Waals surface area contributed by atoms with Crippen LogP contribution in [0.2, 0.25) is 0 Å². The van der Waals surface area contributed by atoms with Crippen LogP contribution in [0.5, 0.6) is 0 Å². The van der Waals surface area contributed by atoms with E-state index in [0.29, 0.717) is 0 Å². The normalized spacial score (nSPS) is 12.5. The van der Waals surface area contributed by atoms with Crippen LogP contribution in [0.1, 0.15) is 32.4 Å². The van der Waals surface area contributed by atoms with Gasteiger partial charge in [0.05, 0.1) is 11.6 Å². The summed E-state index contributed by atoms with van der Waals surface area (Å²) in [5.74, 6) is 0. The highest BCUT2D eigenvalue weighted by atomic mass is 16.3. The molecule has 122 valence electrons. The molecular weight excluding hydrogens is 290 g/mol. The Morgan fingerprint density at radius 1 is 1.13 bits per heavy atom. The van der Waals surface area contributed by atoms with Crippen LogP contribution in [-0.2, 0) is 0 Å². The van der Waals surface area contributed by atoms with Crippen molar-refractivity contribution in [3.05, 3.63) is 54.4 Å². The zero-order valence-corrected chi connectivity index (χ0v) is 13.7. The fourth-order valence-corrected chi connectivity index (χ4v) is 2.14. The van der Waals surface area contributed by atoms with Crippen LogP contribution in [0.4, 0.5) is 4.79 Å². The van der Waals surface area contributed by atoms with Crippen LogP contribution in [0.25, 0.3) is 11.1 Å². The highest BCUT2D eigenvalue weighted by Gasteiger charge is 2.15. The highest BCUT2D eigenvalue weighted by molar-refractivity contribution is 5.74. The van der Waals surface area contributed by atoms with E-state index in [9.17, 15) is 9.90 Å². The molecule has 0 aliphatic carbocycles. The minimum absolute atomic E-state index is 0.122. The van der Waals surface area contributed by atoms with Gasteiger partial charge < -0.3 is 15.7 Å².